The molecule has 0 aromatic heterocycles. The molecule has 20 heavy (non-hydrogen) atoms. The lowest BCUT2D eigenvalue weighted by atomic mass is 10.1. The summed E-state index contributed by atoms with van der Waals surface area (Å²) in [5.74, 6) is -0.169. The van der Waals surface area contributed by atoms with Crippen LogP contribution in [0, 0.1) is 0 Å². The van der Waals surface area contributed by atoms with Gasteiger partial charge in [0, 0.05) is 19.0 Å². The summed E-state index contributed by atoms with van der Waals surface area (Å²) in [6.45, 7) is 3.15. The maximum absolute atomic E-state index is 13.1. The van der Waals surface area contributed by atoms with Crippen molar-refractivity contribution in [3.63, 3.8) is 0 Å². The highest BCUT2D eigenvalue weighted by Gasteiger charge is 2.24. The molecule has 0 aliphatic carbocycles. The van der Waals surface area contributed by atoms with Crippen molar-refractivity contribution in [2.45, 2.75) is 70.2 Å². The van der Waals surface area contributed by atoms with Crippen molar-refractivity contribution in [2.75, 3.05) is 20.3 Å². The van der Waals surface area contributed by atoms with Crippen LogP contribution in [0.5, 0.6) is 0 Å². The second-order valence-corrected chi connectivity index (χ2v) is 5.50. The zero-order valence-electron chi connectivity index (χ0n) is 12.7. The Morgan fingerprint density at radius 3 is 2.75 bits per heavy atom. The fourth-order valence-electron chi connectivity index (χ4n) is 2.47. The summed E-state index contributed by atoms with van der Waals surface area (Å²) < 4.78 is 23.6. The lowest BCUT2D eigenvalue weighted by Gasteiger charge is -2.20. The zero-order valence-corrected chi connectivity index (χ0v) is 12.7. The molecule has 0 radical (unpaired) electrons. The van der Waals surface area contributed by atoms with Gasteiger partial charge >= 0.3 is 5.97 Å². The van der Waals surface area contributed by atoms with E-state index < -0.39 is 6.17 Å². The van der Waals surface area contributed by atoms with Crippen LogP contribution < -0.4 is 5.32 Å². The van der Waals surface area contributed by atoms with Crippen LogP contribution in [0.2, 0.25) is 0 Å². The van der Waals surface area contributed by atoms with Gasteiger partial charge in [0.2, 0.25) is 0 Å². The minimum absolute atomic E-state index is 0.134. The number of nitrogens with one attached hydrogen (secondary N) is 1. The second-order valence-electron chi connectivity index (χ2n) is 5.50. The Hall–Kier alpha value is -0.680. The van der Waals surface area contributed by atoms with Gasteiger partial charge in [-0.25, -0.2) is 4.39 Å². The molecule has 1 aliphatic heterocycles. The maximum Gasteiger partial charge on any atom is 0.305 e. The van der Waals surface area contributed by atoms with E-state index in [0.29, 0.717) is 26.0 Å². The van der Waals surface area contributed by atoms with E-state index in [-0.39, 0.29) is 18.1 Å². The van der Waals surface area contributed by atoms with E-state index in [9.17, 15) is 9.18 Å². The Balaban J connectivity index is 2.22. The quantitative estimate of drug-likeness (QED) is 0.628. The SMILES string of the molecule is CCCCC(CCCC(=O)OC)OCC1CC(F)CN1. The standard InChI is InChI=1S/C15H28FNO3/c1-3-4-6-14(7-5-8-15(18)19-2)20-11-13-9-12(16)10-17-13/h12-14,17H,3-11H2,1-2H3. The molecule has 0 saturated carbocycles. The zero-order chi connectivity index (χ0) is 14.8. The summed E-state index contributed by atoms with van der Waals surface area (Å²) in [5, 5.41) is 3.13. The summed E-state index contributed by atoms with van der Waals surface area (Å²) in [6.07, 6.45) is 5.31. The molecule has 3 atom stereocenters. The molecule has 1 fully saturated rings. The van der Waals surface area contributed by atoms with Gasteiger partial charge in [0.15, 0.2) is 0 Å². The summed E-state index contributed by atoms with van der Waals surface area (Å²) in [6, 6.07) is 0.134. The van der Waals surface area contributed by atoms with Crippen LogP contribution in [0.25, 0.3) is 0 Å². The van der Waals surface area contributed by atoms with Crippen molar-refractivity contribution < 1.29 is 18.7 Å². The maximum atomic E-state index is 13.1. The molecule has 0 aromatic carbocycles. The van der Waals surface area contributed by atoms with Crippen molar-refractivity contribution in [2.24, 2.45) is 0 Å². The van der Waals surface area contributed by atoms with Gasteiger partial charge in [-0.05, 0) is 25.7 Å². The van der Waals surface area contributed by atoms with Crippen molar-refractivity contribution in [3.8, 4) is 0 Å². The first-order valence-electron chi connectivity index (χ1n) is 7.71. The number of methoxy groups -OCH3 is 1. The normalized spacial score (nSPS) is 23.8. The largest absolute Gasteiger partial charge is 0.469 e. The molecule has 0 amide bonds. The van der Waals surface area contributed by atoms with Crippen LogP contribution in [0.4, 0.5) is 4.39 Å². The summed E-state index contributed by atoms with van der Waals surface area (Å²) in [4.78, 5) is 11.1. The molecular weight excluding hydrogens is 261 g/mol. The molecular formula is C15H28FNO3. The predicted octanol–water partition coefficient (Wildman–Crippen LogP) is 2.61. The van der Waals surface area contributed by atoms with E-state index in [4.69, 9.17) is 4.74 Å². The van der Waals surface area contributed by atoms with E-state index in [2.05, 4.69) is 17.0 Å². The number of hydrogen-bond acceptors (Lipinski definition) is 4. The highest BCUT2D eigenvalue weighted by atomic mass is 19.1. The number of carbonyl (C=O) groups is 1. The fraction of sp³-hybridized carbons (Fsp3) is 0.933. The van der Waals surface area contributed by atoms with Gasteiger partial charge in [-0.2, -0.15) is 0 Å². The topological polar surface area (TPSA) is 47.6 Å². The molecule has 0 spiro atoms. The minimum Gasteiger partial charge on any atom is -0.469 e. The van der Waals surface area contributed by atoms with E-state index in [1.165, 1.54) is 7.11 Å². The van der Waals surface area contributed by atoms with Gasteiger partial charge in [0.1, 0.15) is 6.17 Å². The number of halogens is 1. The molecule has 1 aliphatic rings. The third-order valence-corrected chi connectivity index (χ3v) is 3.72. The summed E-state index contributed by atoms with van der Waals surface area (Å²) >= 11 is 0. The molecule has 118 valence electrons. The number of carbonyl (C=O) groups excluding carboxylic acids is 1. The first-order valence-corrected chi connectivity index (χ1v) is 7.71. The van der Waals surface area contributed by atoms with Crippen LogP contribution in [0.15, 0.2) is 0 Å². The molecule has 3 unspecified atom stereocenters. The molecule has 5 heteroatoms. The van der Waals surface area contributed by atoms with E-state index >= 15 is 0 Å². The number of hydrogen-bond donors (Lipinski definition) is 1. The Kier molecular flexibility index (Phi) is 8.78. The van der Waals surface area contributed by atoms with Crippen LogP contribution in [0.1, 0.15) is 51.9 Å². The van der Waals surface area contributed by atoms with Gasteiger partial charge in [0.25, 0.3) is 0 Å². The monoisotopic (exact) mass is 289 g/mol. The average Bonchev–Trinajstić information content (AvgIpc) is 2.86. The second kappa shape index (κ2) is 10.1. The Morgan fingerprint density at radius 2 is 2.15 bits per heavy atom. The molecule has 1 rings (SSSR count). The summed E-state index contributed by atoms with van der Waals surface area (Å²) in [7, 11) is 1.41. The van der Waals surface area contributed by atoms with Crippen LogP contribution >= 0.6 is 0 Å². The lowest BCUT2D eigenvalue weighted by molar-refractivity contribution is -0.140. The highest BCUT2D eigenvalue weighted by Crippen LogP contribution is 2.16. The van der Waals surface area contributed by atoms with Gasteiger partial charge < -0.3 is 14.8 Å². The number of ether oxygens (including phenoxy) is 2. The average molecular weight is 289 g/mol. The van der Waals surface area contributed by atoms with Crippen molar-refractivity contribution in [1.29, 1.82) is 0 Å². The van der Waals surface area contributed by atoms with E-state index in [1.54, 1.807) is 0 Å². The van der Waals surface area contributed by atoms with Crippen LogP contribution in [-0.4, -0.2) is 44.5 Å². The molecule has 1 saturated heterocycles. The number of alkyl halides is 1. The Morgan fingerprint density at radius 1 is 1.40 bits per heavy atom. The van der Waals surface area contributed by atoms with Crippen molar-refractivity contribution in [3.05, 3.63) is 0 Å². The number of rotatable bonds is 10. The molecule has 0 aromatic rings. The van der Waals surface area contributed by atoms with E-state index in [0.717, 1.165) is 32.1 Å². The smallest absolute Gasteiger partial charge is 0.305 e. The predicted molar refractivity (Wildman–Crippen MR) is 76.4 cm³/mol. The fourth-order valence-corrected chi connectivity index (χ4v) is 2.47. The van der Waals surface area contributed by atoms with Crippen LogP contribution in [0.3, 0.4) is 0 Å². The van der Waals surface area contributed by atoms with Gasteiger partial charge in [0.05, 0.1) is 19.8 Å². The van der Waals surface area contributed by atoms with Crippen molar-refractivity contribution >= 4 is 5.97 Å². The molecule has 0 bridgehead atoms. The molecule has 4 nitrogen and oxygen atoms in total. The molecule has 1 heterocycles. The summed E-state index contributed by atoms with van der Waals surface area (Å²) in [5.41, 5.74) is 0. The van der Waals surface area contributed by atoms with Gasteiger partial charge in [-0.3, -0.25) is 4.79 Å². The van der Waals surface area contributed by atoms with Gasteiger partial charge in [-0.1, -0.05) is 19.8 Å². The third kappa shape index (κ3) is 7.20. The minimum atomic E-state index is -0.739. The van der Waals surface area contributed by atoms with E-state index in [1.807, 2.05) is 0 Å². The Labute approximate surface area is 121 Å². The van der Waals surface area contributed by atoms with Crippen LogP contribution in [-0.2, 0) is 14.3 Å². The lowest BCUT2D eigenvalue weighted by Crippen LogP contribution is -2.29. The van der Waals surface area contributed by atoms with Crippen molar-refractivity contribution in [1.82, 2.24) is 5.32 Å². The number of esters is 1. The first kappa shape index (κ1) is 17.4. The first-order chi connectivity index (χ1) is 9.65. The third-order valence-electron chi connectivity index (χ3n) is 3.72. The van der Waals surface area contributed by atoms with Gasteiger partial charge in [-0.15, -0.1) is 0 Å². The number of unbranched alkanes of at least 4 members (excludes halogenated alkanes) is 1. The highest BCUT2D eigenvalue weighted by molar-refractivity contribution is 5.68. The Bertz CT molecular complexity index is 276. The molecule has 1 N–H and O–H groups in total.